The Morgan fingerprint density at radius 1 is 1.19 bits per heavy atom. The van der Waals surface area contributed by atoms with Crippen LogP contribution in [0.15, 0.2) is 59.7 Å². The van der Waals surface area contributed by atoms with Crippen LogP contribution in [0.5, 0.6) is 0 Å². The van der Waals surface area contributed by atoms with Crippen molar-refractivity contribution in [3.05, 3.63) is 76.2 Å². The van der Waals surface area contributed by atoms with E-state index >= 15 is 0 Å². The quantitative estimate of drug-likeness (QED) is 0.576. The number of benzene rings is 2. The number of aromatic nitrogens is 3. The molecule has 0 saturated carbocycles. The number of carbonyl (C=O) groups excluding carboxylic acids is 1. The maximum Gasteiger partial charge on any atom is 0.343 e. The fourth-order valence-corrected chi connectivity index (χ4v) is 3.12. The molecule has 0 atom stereocenters. The SMILES string of the molecule is CCOC(=O)c1cnc2ccc3c[nH]n(Cc4ccccc4)c3c2c1=O. The molecule has 2 aromatic carbocycles. The molecule has 6 nitrogen and oxygen atoms in total. The Hall–Kier alpha value is -3.41. The number of H-pyrrole nitrogens is 1. The van der Waals surface area contributed by atoms with E-state index in [1.807, 2.05) is 47.3 Å². The Labute approximate surface area is 149 Å². The van der Waals surface area contributed by atoms with E-state index in [9.17, 15) is 9.59 Å². The van der Waals surface area contributed by atoms with Crippen molar-refractivity contribution >= 4 is 27.8 Å². The highest BCUT2D eigenvalue weighted by atomic mass is 16.5. The van der Waals surface area contributed by atoms with Gasteiger partial charge in [0.15, 0.2) is 0 Å². The number of fused-ring (bicyclic) bond motifs is 3. The van der Waals surface area contributed by atoms with Gasteiger partial charge < -0.3 is 9.84 Å². The van der Waals surface area contributed by atoms with Crippen molar-refractivity contribution in [2.75, 3.05) is 6.61 Å². The Morgan fingerprint density at radius 3 is 2.77 bits per heavy atom. The van der Waals surface area contributed by atoms with Crippen molar-refractivity contribution in [1.29, 1.82) is 0 Å². The minimum atomic E-state index is -0.644. The number of ether oxygens (including phenoxy) is 1. The zero-order valence-corrected chi connectivity index (χ0v) is 14.2. The van der Waals surface area contributed by atoms with Gasteiger partial charge in [-0.15, -0.1) is 0 Å². The topological polar surface area (TPSA) is 77.0 Å². The standard InChI is InChI=1S/C20H17N3O3/c1-2-26-20(25)15-11-21-16-9-8-14-10-22-23(18(14)17(16)19(15)24)12-13-6-4-3-5-7-13/h3-11,22H,2,12H2,1H3. The summed E-state index contributed by atoms with van der Waals surface area (Å²) in [5, 5.41) is 4.49. The van der Waals surface area contributed by atoms with E-state index in [4.69, 9.17) is 4.74 Å². The van der Waals surface area contributed by atoms with Gasteiger partial charge in [0, 0.05) is 17.8 Å². The Morgan fingerprint density at radius 2 is 2.00 bits per heavy atom. The molecule has 4 rings (SSSR count). The molecule has 0 bridgehead atoms. The minimum Gasteiger partial charge on any atom is -0.462 e. The van der Waals surface area contributed by atoms with Crippen molar-refractivity contribution in [3.63, 3.8) is 0 Å². The molecule has 0 spiro atoms. The molecule has 0 aliphatic rings. The summed E-state index contributed by atoms with van der Waals surface area (Å²) < 4.78 is 6.88. The molecule has 0 aliphatic carbocycles. The van der Waals surface area contributed by atoms with E-state index in [2.05, 4.69) is 10.1 Å². The number of aromatic amines is 1. The van der Waals surface area contributed by atoms with Crippen LogP contribution in [0.25, 0.3) is 21.8 Å². The van der Waals surface area contributed by atoms with E-state index in [0.29, 0.717) is 17.4 Å². The van der Waals surface area contributed by atoms with Crippen LogP contribution >= 0.6 is 0 Å². The molecule has 2 aromatic heterocycles. The van der Waals surface area contributed by atoms with E-state index in [1.54, 1.807) is 13.0 Å². The van der Waals surface area contributed by atoms with Crippen LogP contribution in [0.2, 0.25) is 0 Å². The molecule has 0 amide bonds. The molecule has 0 radical (unpaired) electrons. The molecule has 2 heterocycles. The second-order valence-corrected chi connectivity index (χ2v) is 5.96. The number of esters is 1. The zero-order valence-electron chi connectivity index (χ0n) is 14.2. The first-order valence-corrected chi connectivity index (χ1v) is 8.39. The molecule has 1 N–H and O–H groups in total. The molecular formula is C20H17N3O3. The van der Waals surface area contributed by atoms with Crippen molar-refractivity contribution < 1.29 is 9.53 Å². The van der Waals surface area contributed by atoms with Gasteiger partial charge in [-0.25, -0.2) is 4.79 Å². The first kappa shape index (κ1) is 16.1. The van der Waals surface area contributed by atoms with Crippen molar-refractivity contribution in [1.82, 2.24) is 14.8 Å². The Bertz CT molecular complexity index is 1160. The third kappa shape index (κ3) is 2.65. The zero-order chi connectivity index (χ0) is 18.1. The lowest BCUT2D eigenvalue weighted by Gasteiger charge is -2.08. The predicted octanol–water partition coefficient (Wildman–Crippen LogP) is 3.10. The molecule has 0 unspecified atom stereocenters. The van der Waals surface area contributed by atoms with Gasteiger partial charge in [-0.05, 0) is 24.6 Å². The number of nitrogens with zero attached hydrogens (tertiary/aromatic N) is 2. The molecule has 26 heavy (non-hydrogen) atoms. The molecule has 0 saturated heterocycles. The number of hydrogen-bond donors (Lipinski definition) is 1. The largest absolute Gasteiger partial charge is 0.462 e. The number of nitrogens with one attached hydrogen (secondary N) is 1. The highest BCUT2D eigenvalue weighted by Crippen LogP contribution is 2.23. The lowest BCUT2D eigenvalue weighted by atomic mass is 10.1. The summed E-state index contributed by atoms with van der Waals surface area (Å²) in [4.78, 5) is 29.4. The third-order valence-corrected chi connectivity index (χ3v) is 4.32. The summed E-state index contributed by atoms with van der Waals surface area (Å²) in [5.41, 5.74) is 1.98. The van der Waals surface area contributed by atoms with Crippen LogP contribution < -0.4 is 5.43 Å². The average molecular weight is 347 g/mol. The first-order chi connectivity index (χ1) is 12.7. The van der Waals surface area contributed by atoms with E-state index < -0.39 is 5.97 Å². The highest BCUT2D eigenvalue weighted by molar-refractivity contribution is 6.06. The minimum absolute atomic E-state index is 0.0423. The Balaban J connectivity index is 1.95. The van der Waals surface area contributed by atoms with Crippen LogP contribution in [-0.4, -0.2) is 27.3 Å². The summed E-state index contributed by atoms with van der Waals surface area (Å²) in [7, 11) is 0. The van der Waals surface area contributed by atoms with Crippen LogP contribution in [0.4, 0.5) is 0 Å². The third-order valence-electron chi connectivity index (χ3n) is 4.32. The van der Waals surface area contributed by atoms with Gasteiger partial charge in [0.2, 0.25) is 5.43 Å². The van der Waals surface area contributed by atoms with Gasteiger partial charge in [0.25, 0.3) is 0 Å². The smallest absolute Gasteiger partial charge is 0.343 e. The van der Waals surface area contributed by atoms with E-state index in [0.717, 1.165) is 16.5 Å². The molecule has 0 aliphatic heterocycles. The maximum atomic E-state index is 13.0. The van der Waals surface area contributed by atoms with E-state index in [-0.39, 0.29) is 17.6 Å². The lowest BCUT2D eigenvalue weighted by Crippen LogP contribution is -2.19. The van der Waals surface area contributed by atoms with Crippen LogP contribution in [0, 0.1) is 0 Å². The van der Waals surface area contributed by atoms with Crippen molar-refractivity contribution in [2.45, 2.75) is 13.5 Å². The van der Waals surface area contributed by atoms with Crippen LogP contribution in [-0.2, 0) is 11.3 Å². The molecular weight excluding hydrogens is 330 g/mol. The highest BCUT2D eigenvalue weighted by Gasteiger charge is 2.18. The number of rotatable bonds is 4. The maximum absolute atomic E-state index is 13.0. The van der Waals surface area contributed by atoms with Gasteiger partial charge in [-0.2, -0.15) is 0 Å². The number of pyridine rings is 1. The van der Waals surface area contributed by atoms with Gasteiger partial charge >= 0.3 is 5.97 Å². The van der Waals surface area contributed by atoms with E-state index in [1.165, 1.54) is 6.20 Å². The second kappa shape index (κ2) is 6.48. The summed E-state index contributed by atoms with van der Waals surface area (Å²) >= 11 is 0. The van der Waals surface area contributed by atoms with Crippen LogP contribution in [0.1, 0.15) is 22.8 Å². The summed E-state index contributed by atoms with van der Waals surface area (Å²) in [5.74, 6) is -0.644. The summed E-state index contributed by atoms with van der Waals surface area (Å²) in [6, 6.07) is 13.6. The van der Waals surface area contributed by atoms with Gasteiger partial charge in [0.05, 0.1) is 29.6 Å². The average Bonchev–Trinajstić information content (AvgIpc) is 3.06. The molecule has 6 heteroatoms. The van der Waals surface area contributed by atoms with Gasteiger partial charge in [-0.1, -0.05) is 30.3 Å². The van der Waals surface area contributed by atoms with Crippen molar-refractivity contribution in [2.24, 2.45) is 0 Å². The first-order valence-electron chi connectivity index (χ1n) is 8.39. The summed E-state index contributed by atoms with van der Waals surface area (Å²) in [6.45, 7) is 2.49. The monoisotopic (exact) mass is 347 g/mol. The second-order valence-electron chi connectivity index (χ2n) is 5.96. The number of hydrogen-bond acceptors (Lipinski definition) is 4. The fourth-order valence-electron chi connectivity index (χ4n) is 3.12. The van der Waals surface area contributed by atoms with Gasteiger partial charge in [0.1, 0.15) is 5.56 Å². The van der Waals surface area contributed by atoms with Gasteiger partial charge in [-0.3, -0.25) is 14.5 Å². The fraction of sp³-hybridized carbons (Fsp3) is 0.150. The predicted molar refractivity (Wildman–Crippen MR) is 99.4 cm³/mol. The lowest BCUT2D eigenvalue weighted by molar-refractivity contribution is 0.0524. The molecule has 0 fully saturated rings. The molecule has 130 valence electrons. The van der Waals surface area contributed by atoms with Crippen molar-refractivity contribution in [3.8, 4) is 0 Å². The van der Waals surface area contributed by atoms with Crippen LogP contribution in [0.3, 0.4) is 0 Å². The number of carbonyl (C=O) groups is 1. The summed E-state index contributed by atoms with van der Waals surface area (Å²) in [6.07, 6.45) is 3.14. The normalized spacial score (nSPS) is 11.1. The Kier molecular flexibility index (Phi) is 4.01. The molecule has 4 aromatic rings.